The molecule has 0 aromatic carbocycles. The van der Waals surface area contributed by atoms with Crippen molar-refractivity contribution in [3.8, 4) is 0 Å². The molecule has 6 heteroatoms. The molecule has 0 heterocycles. The molecule has 0 spiro atoms. The van der Waals surface area contributed by atoms with Crippen molar-refractivity contribution in [2.24, 2.45) is 0 Å². The lowest BCUT2D eigenvalue weighted by molar-refractivity contribution is -0.166. The van der Waals surface area contributed by atoms with Gasteiger partial charge < -0.3 is 14.2 Å². The molecule has 1 aliphatic rings. The van der Waals surface area contributed by atoms with Crippen LogP contribution in [-0.2, 0) is 28.6 Å². The van der Waals surface area contributed by atoms with Gasteiger partial charge in [0.05, 0.1) is 0 Å². The average Bonchev–Trinajstić information content (AvgIpc) is 2.12. The Hall–Kier alpha value is -1.59. The van der Waals surface area contributed by atoms with Gasteiger partial charge in [0, 0.05) is 40.0 Å². The van der Waals surface area contributed by atoms with Crippen molar-refractivity contribution in [2.75, 3.05) is 0 Å². The normalized spacial score (nSPS) is 27.2. The van der Waals surface area contributed by atoms with Gasteiger partial charge in [-0.1, -0.05) is 0 Å². The van der Waals surface area contributed by atoms with Gasteiger partial charge in [0.25, 0.3) is 0 Å². The average molecular weight is 258 g/mol. The maximum Gasteiger partial charge on any atom is 0.302 e. The zero-order valence-corrected chi connectivity index (χ0v) is 10.8. The van der Waals surface area contributed by atoms with Gasteiger partial charge in [0.15, 0.2) is 0 Å². The third-order valence-electron chi connectivity index (χ3n) is 2.58. The molecule has 1 saturated carbocycles. The predicted octanol–water partition coefficient (Wildman–Crippen LogP) is 0.965. The Morgan fingerprint density at radius 3 is 1.06 bits per heavy atom. The van der Waals surface area contributed by atoms with Gasteiger partial charge in [0.1, 0.15) is 18.3 Å². The van der Waals surface area contributed by atoms with Crippen LogP contribution in [0.25, 0.3) is 0 Å². The highest BCUT2D eigenvalue weighted by Crippen LogP contribution is 2.26. The molecular formula is C12H18O6. The van der Waals surface area contributed by atoms with Crippen molar-refractivity contribution < 1.29 is 28.6 Å². The van der Waals surface area contributed by atoms with Crippen molar-refractivity contribution in [1.29, 1.82) is 0 Å². The van der Waals surface area contributed by atoms with Crippen LogP contribution in [0.2, 0.25) is 0 Å². The standard InChI is InChI=1S/C12H18O6/c1-7(13)16-10-4-11(17-8(2)14)6-12(5-10)18-9(3)15/h10-12H,4-6H2,1-3H3. The number of carbonyl (C=O) groups is 3. The van der Waals surface area contributed by atoms with E-state index in [4.69, 9.17) is 14.2 Å². The summed E-state index contributed by atoms with van der Waals surface area (Å²) in [4.78, 5) is 32.8. The van der Waals surface area contributed by atoms with Gasteiger partial charge in [-0.15, -0.1) is 0 Å². The summed E-state index contributed by atoms with van der Waals surface area (Å²) in [6.45, 7) is 3.95. The zero-order valence-electron chi connectivity index (χ0n) is 10.8. The summed E-state index contributed by atoms with van der Waals surface area (Å²) in [5, 5.41) is 0. The summed E-state index contributed by atoms with van der Waals surface area (Å²) in [5.74, 6) is -1.19. The van der Waals surface area contributed by atoms with E-state index >= 15 is 0 Å². The SMILES string of the molecule is CC(=O)OC1C[C@H](OC(C)=O)C[C@H](OC(C)=O)C1. The Kier molecular flexibility index (Phi) is 5.12. The van der Waals surface area contributed by atoms with Gasteiger partial charge in [0.2, 0.25) is 0 Å². The zero-order chi connectivity index (χ0) is 13.7. The smallest absolute Gasteiger partial charge is 0.302 e. The summed E-state index contributed by atoms with van der Waals surface area (Å²) >= 11 is 0. The van der Waals surface area contributed by atoms with Crippen molar-refractivity contribution in [3.63, 3.8) is 0 Å². The summed E-state index contributed by atoms with van der Waals surface area (Å²) in [7, 11) is 0. The molecule has 102 valence electrons. The van der Waals surface area contributed by atoms with Crippen LogP contribution in [0.5, 0.6) is 0 Å². The van der Waals surface area contributed by atoms with Crippen LogP contribution in [0.4, 0.5) is 0 Å². The highest BCUT2D eigenvalue weighted by molar-refractivity contribution is 5.67. The second-order valence-corrected chi connectivity index (χ2v) is 4.40. The van der Waals surface area contributed by atoms with Gasteiger partial charge in [-0.05, 0) is 0 Å². The van der Waals surface area contributed by atoms with Gasteiger partial charge in [-0.2, -0.15) is 0 Å². The number of ether oxygens (including phenoxy) is 3. The minimum absolute atomic E-state index is 0.384. The fourth-order valence-corrected chi connectivity index (χ4v) is 2.16. The predicted molar refractivity (Wildman–Crippen MR) is 60.5 cm³/mol. The van der Waals surface area contributed by atoms with Crippen LogP contribution < -0.4 is 0 Å². The Balaban J connectivity index is 2.62. The molecule has 0 unspecified atom stereocenters. The Morgan fingerprint density at radius 2 is 0.889 bits per heavy atom. The number of carbonyl (C=O) groups excluding carboxylic acids is 3. The summed E-state index contributed by atoms with van der Waals surface area (Å²) in [6.07, 6.45) is 0.171. The molecule has 1 rings (SSSR count). The molecule has 18 heavy (non-hydrogen) atoms. The van der Waals surface area contributed by atoms with Crippen molar-refractivity contribution >= 4 is 17.9 Å². The van der Waals surface area contributed by atoms with E-state index in [2.05, 4.69) is 0 Å². The van der Waals surface area contributed by atoms with Crippen LogP contribution >= 0.6 is 0 Å². The third-order valence-corrected chi connectivity index (χ3v) is 2.58. The van der Waals surface area contributed by atoms with Crippen LogP contribution in [0.1, 0.15) is 40.0 Å². The van der Waals surface area contributed by atoms with Gasteiger partial charge >= 0.3 is 17.9 Å². The second kappa shape index (κ2) is 6.37. The van der Waals surface area contributed by atoms with E-state index in [1.165, 1.54) is 20.8 Å². The van der Waals surface area contributed by atoms with E-state index in [1.54, 1.807) is 0 Å². The van der Waals surface area contributed by atoms with Gasteiger partial charge in [-0.25, -0.2) is 0 Å². The summed E-state index contributed by atoms with van der Waals surface area (Å²) in [6, 6.07) is 0. The summed E-state index contributed by atoms with van der Waals surface area (Å²) in [5.41, 5.74) is 0. The van der Waals surface area contributed by atoms with E-state index in [-0.39, 0.29) is 18.3 Å². The van der Waals surface area contributed by atoms with Crippen LogP contribution in [0, 0.1) is 0 Å². The van der Waals surface area contributed by atoms with Crippen LogP contribution in [-0.4, -0.2) is 36.2 Å². The fraction of sp³-hybridized carbons (Fsp3) is 0.750. The lowest BCUT2D eigenvalue weighted by Gasteiger charge is -2.33. The van der Waals surface area contributed by atoms with Crippen molar-refractivity contribution in [1.82, 2.24) is 0 Å². The molecule has 0 amide bonds. The Bertz CT molecular complexity index is 279. The van der Waals surface area contributed by atoms with Crippen molar-refractivity contribution in [3.05, 3.63) is 0 Å². The Labute approximate surface area is 106 Å². The van der Waals surface area contributed by atoms with E-state index in [9.17, 15) is 14.4 Å². The third kappa shape index (κ3) is 5.16. The molecule has 0 saturated heterocycles. The largest absolute Gasteiger partial charge is 0.462 e. The quantitative estimate of drug-likeness (QED) is 0.554. The first-order valence-corrected chi connectivity index (χ1v) is 5.88. The van der Waals surface area contributed by atoms with E-state index < -0.39 is 17.9 Å². The molecule has 0 radical (unpaired) electrons. The van der Waals surface area contributed by atoms with E-state index in [0.29, 0.717) is 19.3 Å². The topological polar surface area (TPSA) is 78.9 Å². The van der Waals surface area contributed by atoms with Crippen LogP contribution in [0.15, 0.2) is 0 Å². The fourth-order valence-electron chi connectivity index (χ4n) is 2.16. The molecule has 0 atom stereocenters. The monoisotopic (exact) mass is 258 g/mol. The second-order valence-electron chi connectivity index (χ2n) is 4.40. The Morgan fingerprint density at radius 1 is 0.667 bits per heavy atom. The first-order chi connectivity index (χ1) is 8.36. The molecular weight excluding hydrogens is 240 g/mol. The molecule has 0 aliphatic heterocycles. The molecule has 1 fully saturated rings. The number of rotatable bonds is 3. The minimum Gasteiger partial charge on any atom is -0.462 e. The molecule has 0 N–H and O–H groups in total. The molecule has 0 aromatic rings. The van der Waals surface area contributed by atoms with Gasteiger partial charge in [-0.3, -0.25) is 14.4 Å². The lowest BCUT2D eigenvalue weighted by atomic mass is 9.92. The van der Waals surface area contributed by atoms with Crippen LogP contribution in [0.3, 0.4) is 0 Å². The first-order valence-electron chi connectivity index (χ1n) is 5.88. The maximum absolute atomic E-state index is 10.9. The number of esters is 3. The van der Waals surface area contributed by atoms with Crippen molar-refractivity contribution in [2.45, 2.75) is 58.3 Å². The number of hydrogen-bond donors (Lipinski definition) is 0. The first kappa shape index (κ1) is 14.5. The molecule has 0 aromatic heterocycles. The maximum atomic E-state index is 10.9. The minimum atomic E-state index is -0.398. The molecule has 0 bridgehead atoms. The lowest BCUT2D eigenvalue weighted by Crippen LogP contribution is -2.39. The summed E-state index contributed by atoms with van der Waals surface area (Å²) < 4.78 is 15.3. The van der Waals surface area contributed by atoms with E-state index in [0.717, 1.165) is 0 Å². The highest BCUT2D eigenvalue weighted by Gasteiger charge is 2.34. The number of hydrogen-bond acceptors (Lipinski definition) is 6. The van der Waals surface area contributed by atoms with E-state index in [1.807, 2.05) is 0 Å². The highest BCUT2D eigenvalue weighted by atomic mass is 16.6. The molecule has 6 nitrogen and oxygen atoms in total. The molecule has 1 aliphatic carbocycles.